The Morgan fingerprint density at radius 1 is 0.181 bits per heavy atom. The molecule has 14 bridgehead atoms. The van der Waals surface area contributed by atoms with Crippen LogP contribution in [0.1, 0.15) is 40.5 Å². The van der Waals surface area contributed by atoms with Crippen LogP contribution in [0, 0.1) is 0 Å². The predicted molar refractivity (Wildman–Crippen MR) is 260 cm³/mol. The van der Waals surface area contributed by atoms with Crippen LogP contribution in [0.25, 0.3) is 0 Å². The molecule has 22 fully saturated rings. The zero-order chi connectivity index (χ0) is 58.9. The van der Waals surface area contributed by atoms with Crippen molar-refractivity contribution >= 4 is 0 Å². The van der Waals surface area contributed by atoms with E-state index in [1.807, 2.05) is 0 Å². The molecular formula is C48H86O35. The van der Waals surface area contributed by atoms with Crippen molar-refractivity contribution in [1.82, 2.24) is 0 Å². The lowest BCUT2D eigenvalue weighted by Gasteiger charge is -2.50. The van der Waals surface area contributed by atoms with Crippen LogP contribution in [0.15, 0.2) is 0 Å². The molecule has 0 spiro atoms. The molecule has 35 atom stereocenters. The fourth-order valence-corrected chi connectivity index (χ4v) is 10.7. The van der Waals surface area contributed by atoms with E-state index in [9.17, 15) is 107 Å². The molecule has 35 heteroatoms. The third-order valence-electron chi connectivity index (χ3n) is 15.8. The number of hydrogen-bond donors (Lipinski definition) is 21. The van der Waals surface area contributed by atoms with E-state index in [1.165, 1.54) is 25.7 Å². The molecule has 488 valence electrons. The van der Waals surface area contributed by atoms with Crippen molar-refractivity contribution in [2.45, 2.75) is 255 Å². The fourth-order valence-electron chi connectivity index (χ4n) is 10.7. The van der Waals surface area contributed by atoms with E-state index in [4.69, 9.17) is 66.3 Å². The first-order valence-electron chi connectivity index (χ1n) is 26.6. The molecule has 1 aliphatic carbocycles. The minimum absolute atomic E-state index is 0. The minimum atomic E-state index is -2.21. The van der Waals surface area contributed by atoms with Crippen LogP contribution in [0.5, 0.6) is 0 Å². The largest absolute Gasteiger partial charge is 0.394 e. The van der Waals surface area contributed by atoms with Gasteiger partial charge in [-0.1, -0.05) is 40.5 Å². The van der Waals surface area contributed by atoms with E-state index in [2.05, 4.69) is 0 Å². The highest BCUT2D eigenvalue weighted by atomic mass is 16.8. The number of hydrogen-bond acceptors (Lipinski definition) is 35. The summed E-state index contributed by atoms with van der Waals surface area (Å²) in [5.41, 5.74) is 0. The number of aliphatic hydroxyl groups excluding tert-OH is 21. The second kappa shape index (κ2) is 30.9. The molecule has 0 amide bonds. The van der Waals surface area contributed by atoms with E-state index in [1.54, 1.807) is 0 Å². The van der Waals surface area contributed by atoms with Gasteiger partial charge in [-0.05, 0) is 0 Å². The quantitative estimate of drug-likeness (QED) is 0.113. The zero-order valence-electron chi connectivity index (χ0n) is 43.1. The molecular weight excluding hydrogens is 1140 g/mol. The first kappa shape index (κ1) is 70.7. The highest BCUT2D eigenvalue weighted by molar-refractivity contribution is 5.01. The molecule has 21 saturated heterocycles. The van der Waals surface area contributed by atoms with Crippen LogP contribution in [0.4, 0.5) is 0 Å². The summed E-state index contributed by atoms with van der Waals surface area (Å²) in [5.74, 6) is 0. The summed E-state index contributed by atoms with van der Waals surface area (Å²) < 4.78 is 79.5. The van der Waals surface area contributed by atoms with Gasteiger partial charge in [0.05, 0.1) is 46.2 Å². The van der Waals surface area contributed by atoms with Crippen LogP contribution < -0.4 is 0 Å². The molecule has 0 aromatic carbocycles. The molecule has 35 nitrogen and oxygen atoms in total. The molecule has 1 saturated carbocycles. The van der Waals surface area contributed by atoms with Crippen molar-refractivity contribution < 1.29 is 174 Å². The zero-order valence-corrected chi connectivity index (χ0v) is 43.1. The monoisotopic (exact) mass is 1220 g/mol. The molecule has 22 aliphatic rings. The Balaban J connectivity index is 0.00000177. The van der Waals surface area contributed by atoms with Gasteiger partial charge in [-0.25, -0.2) is 0 Å². The van der Waals surface area contributed by atoms with Crippen molar-refractivity contribution in [2.24, 2.45) is 0 Å². The van der Waals surface area contributed by atoms with Crippen LogP contribution >= 0.6 is 0 Å². The highest BCUT2D eigenvalue weighted by Crippen LogP contribution is 2.39. The summed E-state index contributed by atoms with van der Waals surface area (Å²) in [5, 5.41) is 230. The van der Waals surface area contributed by atoms with Gasteiger partial charge in [-0.2, -0.15) is 0 Å². The normalized spacial score (nSPS) is 52.5. The second-order valence-electron chi connectivity index (χ2n) is 21.1. The number of rotatable bonds is 7. The van der Waals surface area contributed by atoms with E-state index in [0.717, 1.165) is 0 Å². The Hall–Kier alpha value is -1.40. The van der Waals surface area contributed by atoms with E-state index >= 15 is 0 Å². The molecule has 14 unspecified atom stereocenters. The third-order valence-corrected chi connectivity index (χ3v) is 15.8. The molecule has 0 aromatic heterocycles. The lowest BCUT2D eigenvalue weighted by molar-refractivity contribution is -0.396. The number of ether oxygens (including phenoxy) is 14. The standard InChI is InChI=1S/C42H70O35.C4H8.2CH4/c43-1-8-29-15(50)22(57)36(64-8)72-30-9(2-44)66-38(24(59)17(30)52)74-32-11(4-46)68-40(26(61)19(32)54)76-34-13(6-48)70-42(28(63)21(34)56)77-35-14(7-49)69-41(27(62)20(35)55)75-33-12(5-47)67-39(25(60)18(33)53)73-31-10(3-45)65-37(71-29)23(58)16(31)51;1-2-4-3-1;;/h8-63H,1-7H2;1-4H2;2*1H4/t8?,9?,10?,11?,12?,13?,14?,15-,16-,17-,18-,19-,20-,21+,22?,23?,24?,25?,26?,27?,28?,29-,30-,31-,32-,33-,34-,35-,36-,37-,38-,39-,40+,41+,42+;;;/m1.../s1. The van der Waals surface area contributed by atoms with Gasteiger partial charge in [-0.15, -0.1) is 0 Å². The number of aliphatic hydroxyl groups is 21. The highest BCUT2D eigenvalue weighted by Gasteiger charge is 2.59. The molecule has 21 heterocycles. The summed E-state index contributed by atoms with van der Waals surface area (Å²) in [6, 6.07) is 0. The maximum atomic E-state index is 11.3. The Labute approximate surface area is 474 Å². The molecule has 21 aliphatic heterocycles. The smallest absolute Gasteiger partial charge is 0.187 e. The third kappa shape index (κ3) is 14.6. The van der Waals surface area contributed by atoms with Crippen LogP contribution in [-0.4, -0.2) is 368 Å². The summed E-state index contributed by atoms with van der Waals surface area (Å²) in [7, 11) is 0. The second-order valence-corrected chi connectivity index (χ2v) is 21.1. The van der Waals surface area contributed by atoms with E-state index < -0.39 is 261 Å². The average Bonchev–Trinajstić information content (AvgIpc) is 3.61. The van der Waals surface area contributed by atoms with Crippen molar-refractivity contribution in [3.63, 3.8) is 0 Å². The molecule has 0 radical (unpaired) electrons. The van der Waals surface area contributed by atoms with Gasteiger partial charge in [0, 0.05) is 0 Å². The maximum Gasteiger partial charge on any atom is 0.187 e. The van der Waals surface area contributed by atoms with Gasteiger partial charge in [-0.3, -0.25) is 0 Å². The predicted octanol–water partition coefficient (Wildman–Crippen LogP) is -12.4. The SMILES string of the molecule is C.C.C1CCC1.OCC1O[C@@H]2O[C@@H]3C(CO)O[C@H](O[C@@H]4C(CO)O[C@@H](O[C@@H]5C(CO)O[C@@H](O[C@@H]6C(CO)O[C@@H](O[C@@H]7C(CO)O[C@H](O[C@@H]8C(CO)O[C@H](O[C@H]1[C@H](O)C2O)C(O)[C@H]8O)C(O)[C@H]7O)C(O)[C@H]6O)C(O)[C@@H]5O)C(O)[C@H]4O)C(O)[C@H]3O. The molecule has 83 heavy (non-hydrogen) atoms. The lowest BCUT2D eigenvalue weighted by Crippen LogP contribution is -2.68. The topological polar surface area (TPSA) is 554 Å². The summed E-state index contributed by atoms with van der Waals surface area (Å²) in [6.45, 7) is -7.33. The maximum absolute atomic E-state index is 11.3. The van der Waals surface area contributed by atoms with Crippen LogP contribution in [0.3, 0.4) is 0 Å². The van der Waals surface area contributed by atoms with Gasteiger partial charge in [0.2, 0.25) is 0 Å². The summed E-state index contributed by atoms with van der Waals surface area (Å²) in [4.78, 5) is 0. The van der Waals surface area contributed by atoms with Crippen molar-refractivity contribution in [3.05, 3.63) is 0 Å². The summed E-state index contributed by atoms with van der Waals surface area (Å²) >= 11 is 0. The minimum Gasteiger partial charge on any atom is -0.394 e. The van der Waals surface area contributed by atoms with Gasteiger partial charge < -0.3 is 174 Å². The first-order valence-corrected chi connectivity index (χ1v) is 26.6. The van der Waals surface area contributed by atoms with Gasteiger partial charge in [0.15, 0.2) is 44.0 Å². The van der Waals surface area contributed by atoms with Crippen molar-refractivity contribution in [2.75, 3.05) is 46.2 Å². The lowest BCUT2D eigenvalue weighted by atomic mass is 9.95. The molecule has 0 aromatic rings. The Morgan fingerprint density at radius 3 is 0.373 bits per heavy atom. The molecule has 22 rings (SSSR count). The van der Waals surface area contributed by atoms with Gasteiger partial charge >= 0.3 is 0 Å². The Morgan fingerprint density at radius 2 is 0.289 bits per heavy atom. The Bertz CT molecular complexity index is 1530. The first-order chi connectivity index (χ1) is 38.7. The van der Waals surface area contributed by atoms with Crippen molar-refractivity contribution in [3.8, 4) is 0 Å². The van der Waals surface area contributed by atoms with E-state index in [-0.39, 0.29) is 14.9 Å². The average molecular weight is 1220 g/mol. The van der Waals surface area contributed by atoms with Gasteiger partial charge in [0.25, 0.3) is 0 Å². The van der Waals surface area contributed by atoms with Crippen LogP contribution in [-0.2, 0) is 66.3 Å². The Kier molecular flexibility index (Phi) is 26.3. The molecule has 21 N–H and O–H groups in total. The van der Waals surface area contributed by atoms with Crippen molar-refractivity contribution in [1.29, 1.82) is 0 Å². The fraction of sp³-hybridized carbons (Fsp3) is 1.00. The summed E-state index contributed by atoms with van der Waals surface area (Å²) in [6.07, 6.45) is -64.2. The van der Waals surface area contributed by atoms with Gasteiger partial charge in [0.1, 0.15) is 171 Å². The van der Waals surface area contributed by atoms with Crippen LogP contribution in [0.2, 0.25) is 0 Å². The van der Waals surface area contributed by atoms with E-state index in [0.29, 0.717) is 0 Å².